The van der Waals surface area contributed by atoms with E-state index in [1.54, 1.807) is 10.9 Å². The number of benzene rings is 2. The molecule has 0 saturated carbocycles. The van der Waals surface area contributed by atoms with Crippen molar-refractivity contribution in [2.24, 2.45) is 0 Å². The highest BCUT2D eigenvalue weighted by molar-refractivity contribution is 9.10. The van der Waals surface area contributed by atoms with E-state index >= 15 is 0 Å². The molecule has 0 fully saturated rings. The van der Waals surface area contributed by atoms with Gasteiger partial charge < -0.3 is 4.74 Å². The van der Waals surface area contributed by atoms with Gasteiger partial charge in [-0.25, -0.2) is 4.68 Å². The van der Waals surface area contributed by atoms with E-state index in [2.05, 4.69) is 31.0 Å². The Bertz CT molecular complexity index is 860. The van der Waals surface area contributed by atoms with Gasteiger partial charge in [-0.1, -0.05) is 27.2 Å². The zero-order chi connectivity index (χ0) is 17.3. The lowest BCUT2D eigenvalue weighted by Gasteiger charge is -2.11. The fraction of sp³-hybridized carbons (Fsp3) is 0.125. The van der Waals surface area contributed by atoms with E-state index < -0.39 is 6.36 Å². The Kier molecular flexibility index (Phi) is 4.31. The summed E-state index contributed by atoms with van der Waals surface area (Å²) in [7, 11) is 0. The highest BCUT2D eigenvalue weighted by Gasteiger charge is 2.31. The summed E-state index contributed by atoms with van der Waals surface area (Å²) in [4.78, 5) is 0. The third-order valence-corrected chi connectivity index (χ3v) is 3.83. The number of rotatable bonds is 3. The summed E-state index contributed by atoms with van der Waals surface area (Å²) in [6.45, 7) is 1.94. The van der Waals surface area contributed by atoms with Crippen molar-refractivity contribution in [2.75, 3.05) is 0 Å². The van der Waals surface area contributed by atoms with Crippen molar-refractivity contribution >= 4 is 15.9 Å². The first-order valence-electron chi connectivity index (χ1n) is 6.87. The summed E-state index contributed by atoms with van der Waals surface area (Å²) in [6.07, 6.45) is -3.15. The smallest absolute Gasteiger partial charge is 0.406 e. The van der Waals surface area contributed by atoms with Gasteiger partial charge >= 0.3 is 6.36 Å². The molecule has 0 atom stereocenters. The third kappa shape index (κ3) is 3.59. The molecule has 0 amide bonds. The van der Waals surface area contributed by atoms with Crippen LogP contribution in [0.25, 0.3) is 16.9 Å². The number of aryl methyl sites for hydroxylation is 1. The zero-order valence-corrected chi connectivity index (χ0v) is 14.0. The monoisotopic (exact) mass is 397 g/mol. The molecule has 3 aromatic rings. The van der Waals surface area contributed by atoms with Crippen molar-refractivity contribution in [1.29, 1.82) is 0 Å². The minimum Gasteiger partial charge on any atom is -0.406 e. The first kappa shape index (κ1) is 16.5. The van der Waals surface area contributed by atoms with Gasteiger partial charge in [0.15, 0.2) is 0 Å². The number of nitrogens with zero attached hydrogens (tertiary/aromatic N) is 3. The van der Waals surface area contributed by atoms with Crippen LogP contribution in [0.2, 0.25) is 0 Å². The number of alkyl halides is 3. The van der Waals surface area contributed by atoms with Crippen LogP contribution in [0.4, 0.5) is 13.2 Å². The van der Waals surface area contributed by atoms with Gasteiger partial charge in [-0.05, 0) is 48.9 Å². The van der Waals surface area contributed by atoms with Gasteiger partial charge in [0.25, 0.3) is 0 Å². The second kappa shape index (κ2) is 6.27. The Morgan fingerprint density at radius 1 is 1.08 bits per heavy atom. The molecular weight excluding hydrogens is 387 g/mol. The average Bonchev–Trinajstić information content (AvgIpc) is 2.98. The fourth-order valence-corrected chi connectivity index (χ4v) is 2.60. The lowest BCUT2D eigenvalue weighted by molar-refractivity contribution is -0.274. The van der Waals surface area contributed by atoms with Crippen molar-refractivity contribution < 1.29 is 17.9 Å². The van der Waals surface area contributed by atoms with Gasteiger partial charge in [-0.15, -0.1) is 18.3 Å². The molecule has 0 aliphatic heterocycles. The molecule has 2 aromatic carbocycles. The predicted octanol–water partition coefficient (Wildman–Crippen LogP) is 4.90. The molecular formula is C16H11BrF3N3O. The van der Waals surface area contributed by atoms with Gasteiger partial charge in [0, 0.05) is 10.0 Å². The SMILES string of the molecule is Cc1ccc(Br)cc1-n1nncc1-c1ccc(OC(F)(F)F)cc1. The van der Waals surface area contributed by atoms with Crippen molar-refractivity contribution in [3.63, 3.8) is 0 Å². The van der Waals surface area contributed by atoms with Crippen molar-refractivity contribution in [3.05, 3.63) is 58.7 Å². The predicted molar refractivity (Wildman–Crippen MR) is 85.9 cm³/mol. The zero-order valence-electron chi connectivity index (χ0n) is 12.4. The summed E-state index contributed by atoms with van der Waals surface area (Å²) < 4.78 is 43.1. The lowest BCUT2D eigenvalue weighted by atomic mass is 10.1. The summed E-state index contributed by atoms with van der Waals surface area (Å²) in [6, 6.07) is 11.3. The Morgan fingerprint density at radius 3 is 2.46 bits per heavy atom. The van der Waals surface area contributed by atoms with Gasteiger partial charge in [0.2, 0.25) is 0 Å². The third-order valence-electron chi connectivity index (χ3n) is 3.33. The van der Waals surface area contributed by atoms with Crippen LogP contribution < -0.4 is 4.74 Å². The molecule has 8 heteroatoms. The van der Waals surface area contributed by atoms with Crippen LogP contribution in [-0.4, -0.2) is 21.4 Å². The van der Waals surface area contributed by atoms with E-state index in [4.69, 9.17) is 0 Å². The molecule has 0 spiro atoms. The second-order valence-corrected chi connectivity index (χ2v) is 5.95. The molecule has 1 heterocycles. The van der Waals surface area contributed by atoms with E-state index in [-0.39, 0.29) is 5.75 Å². The molecule has 0 unspecified atom stereocenters. The van der Waals surface area contributed by atoms with Crippen LogP contribution in [0.15, 0.2) is 53.1 Å². The maximum absolute atomic E-state index is 12.2. The normalized spacial score (nSPS) is 11.5. The topological polar surface area (TPSA) is 39.9 Å². The van der Waals surface area contributed by atoms with Gasteiger partial charge in [0.1, 0.15) is 5.75 Å². The maximum Gasteiger partial charge on any atom is 0.573 e. The summed E-state index contributed by atoms with van der Waals surface area (Å²) >= 11 is 3.42. The second-order valence-electron chi connectivity index (χ2n) is 5.03. The number of hydrogen-bond acceptors (Lipinski definition) is 3. The number of halogens is 4. The quantitative estimate of drug-likeness (QED) is 0.630. The minimum atomic E-state index is -4.71. The molecule has 0 radical (unpaired) electrons. The maximum atomic E-state index is 12.2. The Balaban J connectivity index is 1.97. The molecule has 4 nitrogen and oxygen atoms in total. The van der Waals surface area contributed by atoms with E-state index in [1.807, 2.05) is 25.1 Å². The summed E-state index contributed by atoms with van der Waals surface area (Å²) in [5.41, 5.74) is 3.15. The van der Waals surface area contributed by atoms with Crippen LogP contribution in [0.3, 0.4) is 0 Å². The Morgan fingerprint density at radius 2 is 1.79 bits per heavy atom. The first-order valence-corrected chi connectivity index (χ1v) is 7.66. The Hall–Kier alpha value is -2.35. The lowest BCUT2D eigenvalue weighted by Crippen LogP contribution is -2.16. The molecule has 24 heavy (non-hydrogen) atoms. The summed E-state index contributed by atoms with van der Waals surface area (Å²) in [5.74, 6) is -0.274. The van der Waals surface area contributed by atoms with Gasteiger partial charge in [-0.2, -0.15) is 0 Å². The molecule has 124 valence electrons. The van der Waals surface area contributed by atoms with Crippen LogP contribution in [0, 0.1) is 6.92 Å². The Labute approximate surface area is 144 Å². The van der Waals surface area contributed by atoms with E-state index in [1.165, 1.54) is 24.3 Å². The molecule has 0 aliphatic rings. The standard InChI is InChI=1S/C16H11BrF3N3O/c1-10-2-5-12(17)8-14(10)23-15(9-21-22-23)11-3-6-13(7-4-11)24-16(18,19)20/h2-9H,1H3. The minimum absolute atomic E-state index is 0.274. The first-order chi connectivity index (χ1) is 11.3. The van der Waals surface area contributed by atoms with Gasteiger partial charge in [-0.3, -0.25) is 0 Å². The highest BCUT2D eigenvalue weighted by atomic mass is 79.9. The largest absolute Gasteiger partial charge is 0.573 e. The average molecular weight is 398 g/mol. The van der Waals surface area contributed by atoms with E-state index in [9.17, 15) is 13.2 Å². The number of aromatic nitrogens is 3. The van der Waals surface area contributed by atoms with E-state index in [0.29, 0.717) is 11.3 Å². The van der Waals surface area contributed by atoms with Gasteiger partial charge in [0.05, 0.1) is 17.6 Å². The van der Waals surface area contributed by atoms with Crippen LogP contribution >= 0.6 is 15.9 Å². The number of ether oxygens (including phenoxy) is 1. The van der Waals surface area contributed by atoms with Crippen molar-refractivity contribution in [3.8, 4) is 22.7 Å². The van der Waals surface area contributed by atoms with Crippen molar-refractivity contribution in [2.45, 2.75) is 13.3 Å². The fourth-order valence-electron chi connectivity index (χ4n) is 2.25. The molecule has 3 rings (SSSR count). The molecule has 0 aliphatic carbocycles. The highest BCUT2D eigenvalue weighted by Crippen LogP contribution is 2.28. The number of hydrogen-bond donors (Lipinski definition) is 0. The van der Waals surface area contributed by atoms with Crippen LogP contribution in [0.1, 0.15) is 5.56 Å². The summed E-state index contributed by atoms with van der Waals surface area (Å²) in [5, 5.41) is 8.00. The van der Waals surface area contributed by atoms with Crippen LogP contribution in [-0.2, 0) is 0 Å². The van der Waals surface area contributed by atoms with Crippen LogP contribution in [0.5, 0.6) is 5.75 Å². The molecule has 0 bridgehead atoms. The van der Waals surface area contributed by atoms with Crippen molar-refractivity contribution in [1.82, 2.24) is 15.0 Å². The molecule has 1 aromatic heterocycles. The molecule has 0 N–H and O–H groups in total. The van der Waals surface area contributed by atoms with E-state index in [0.717, 1.165) is 15.7 Å². The molecule has 0 saturated heterocycles.